The lowest BCUT2D eigenvalue weighted by molar-refractivity contribution is -0.133. The van der Waals surface area contributed by atoms with E-state index < -0.39 is 23.4 Å². The van der Waals surface area contributed by atoms with E-state index in [-0.39, 0.29) is 6.54 Å². The molecule has 186 valence electrons. The van der Waals surface area contributed by atoms with Crippen LogP contribution in [0.4, 0.5) is 16.2 Å². The van der Waals surface area contributed by atoms with E-state index in [0.717, 1.165) is 54.1 Å². The van der Waals surface area contributed by atoms with E-state index >= 15 is 0 Å². The van der Waals surface area contributed by atoms with Crippen molar-refractivity contribution in [2.75, 3.05) is 49.5 Å². The molecule has 5 rings (SSSR count). The second-order valence-corrected chi connectivity index (χ2v) is 9.52. The van der Waals surface area contributed by atoms with Gasteiger partial charge in [-0.3, -0.25) is 14.5 Å². The first kappa shape index (κ1) is 23.8. The van der Waals surface area contributed by atoms with Crippen LogP contribution in [0.1, 0.15) is 19.4 Å². The number of benzene rings is 3. The molecule has 0 unspecified atom stereocenters. The third-order valence-corrected chi connectivity index (χ3v) is 7.24. The van der Waals surface area contributed by atoms with Crippen LogP contribution in [0.5, 0.6) is 0 Å². The van der Waals surface area contributed by atoms with E-state index in [4.69, 9.17) is 0 Å². The Bertz CT molecular complexity index is 1300. The Balaban J connectivity index is 1.23. The summed E-state index contributed by atoms with van der Waals surface area (Å²) in [6.07, 6.45) is 0. The fourth-order valence-electron chi connectivity index (χ4n) is 4.96. The number of anilines is 2. The van der Waals surface area contributed by atoms with Gasteiger partial charge in [-0.15, -0.1) is 0 Å². The molecule has 2 N–H and O–H groups in total. The summed E-state index contributed by atoms with van der Waals surface area (Å²) in [6, 6.07) is 20.6. The third kappa shape index (κ3) is 4.52. The van der Waals surface area contributed by atoms with Crippen molar-refractivity contribution in [1.29, 1.82) is 0 Å². The average molecular weight is 486 g/mol. The Hall–Kier alpha value is -3.91. The second-order valence-electron chi connectivity index (χ2n) is 9.52. The summed E-state index contributed by atoms with van der Waals surface area (Å²) in [6.45, 7) is 8.60. The van der Waals surface area contributed by atoms with Crippen molar-refractivity contribution in [2.45, 2.75) is 19.4 Å². The molecule has 8 heteroatoms. The maximum atomic E-state index is 13.3. The topological polar surface area (TPSA) is 85.0 Å². The first-order valence-corrected chi connectivity index (χ1v) is 12.4. The van der Waals surface area contributed by atoms with Gasteiger partial charge in [0.1, 0.15) is 12.1 Å². The lowest BCUT2D eigenvalue weighted by Gasteiger charge is -2.35. The van der Waals surface area contributed by atoms with Gasteiger partial charge < -0.3 is 20.4 Å². The fraction of sp³-hybridized carbons (Fsp3) is 0.321. The van der Waals surface area contributed by atoms with Crippen LogP contribution in [0, 0.1) is 0 Å². The van der Waals surface area contributed by atoms with Gasteiger partial charge in [-0.1, -0.05) is 43.3 Å². The van der Waals surface area contributed by atoms with Gasteiger partial charge in [0.2, 0.25) is 5.91 Å². The van der Waals surface area contributed by atoms with E-state index in [2.05, 4.69) is 27.4 Å². The number of nitrogens with zero attached hydrogens (tertiary/aromatic N) is 3. The van der Waals surface area contributed by atoms with Gasteiger partial charge in [-0.05, 0) is 60.1 Å². The zero-order valence-electron chi connectivity index (χ0n) is 20.7. The van der Waals surface area contributed by atoms with Crippen molar-refractivity contribution < 1.29 is 14.4 Å². The highest BCUT2D eigenvalue weighted by Gasteiger charge is 2.49. The molecule has 2 aliphatic rings. The molecule has 0 radical (unpaired) electrons. The molecule has 8 nitrogen and oxygen atoms in total. The normalized spacial score (nSPS) is 20.6. The molecule has 0 aliphatic carbocycles. The molecule has 1 atom stereocenters. The van der Waals surface area contributed by atoms with Gasteiger partial charge in [0.25, 0.3) is 5.91 Å². The van der Waals surface area contributed by atoms with Gasteiger partial charge in [0, 0.05) is 37.6 Å². The number of likely N-dealkylation sites (N-methyl/N-ethyl adjacent to an activating group) is 1. The molecule has 4 amide bonds. The predicted octanol–water partition coefficient (Wildman–Crippen LogP) is 3.39. The van der Waals surface area contributed by atoms with Gasteiger partial charge in [-0.2, -0.15) is 0 Å². The van der Waals surface area contributed by atoms with Crippen LogP contribution in [0.2, 0.25) is 0 Å². The minimum Gasteiger partial charge on any atom is -0.369 e. The Morgan fingerprint density at radius 1 is 0.944 bits per heavy atom. The second kappa shape index (κ2) is 9.62. The minimum atomic E-state index is -1.23. The zero-order valence-corrected chi connectivity index (χ0v) is 20.7. The maximum Gasteiger partial charge on any atom is 0.325 e. The van der Waals surface area contributed by atoms with Crippen LogP contribution >= 0.6 is 0 Å². The molecule has 2 heterocycles. The number of fused-ring (bicyclic) bond motifs is 1. The van der Waals surface area contributed by atoms with Gasteiger partial charge >= 0.3 is 6.03 Å². The van der Waals surface area contributed by atoms with E-state index in [0.29, 0.717) is 11.3 Å². The van der Waals surface area contributed by atoms with Crippen molar-refractivity contribution in [3.63, 3.8) is 0 Å². The number of carbonyl (C=O) groups excluding carboxylic acids is 3. The summed E-state index contributed by atoms with van der Waals surface area (Å²) in [4.78, 5) is 44.4. The number of imide groups is 1. The van der Waals surface area contributed by atoms with Crippen LogP contribution in [0.15, 0.2) is 66.7 Å². The number of hydrogen-bond donors (Lipinski definition) is 2. The Labute approximate surface area is 210 Å². The monoisotopic (exact) mass is 485 g/mol. The van der Waals surface area contributed by atoms with Crippen LogP contribution < -0.4 is 15.5 Å². The Kier molecular flexibility index (Phi) is 6.36. The van der Waals surface area contributed by atoms with Crippen molar-refractivity contribution >= 4 is 40.0 Å². The summed E-state index contributed by atoms with van der Waals surface area (Å²) in [7, 11) is 0. The zero-order chi connectivity index (χ0) is 25.3. The fourth-order valence-corrected chi connectivity index (χ4v) is 4.96. The minimum absolute atomic E-state index is 0.353. The quantitative estimate of drug-likeness (QED) is 0.523. The number of amides is 4. The van der Waals surface area contributed by atoms with Crippen LogP contribution in [0.25, 0.3) is 10.8 Å². The number of hydrogen-bond acceptors (Lipinski definition) is 5. The van der Waals surface area contributed by atoms with E-state index in [9.17, 15) is 14.4 Å². The molecule has 2 aliphatic heterocycles. The first-order chi connectivity index (χ1) is 17.4. The number of nitrogens with one attached hydrogen (secondary N) is 2. The highest BCUT2D eigenvalue weighted by atomic mass is 16.2. The number of urea groups is 1. The number of rotatable bonds is 6. The standard InChI is InChI=1S/C28H31N5O3/c1-3-31-14-16-32(17-15-31)24-12-10-23(11-13-24)29-25(34)19-33-26(35)28(2,30-27(33)36)22-9-8-20-6-4-5-7-21(20)18-22/h4-13,18H,3,14-17,19H2,1-2H3,(H,29,34)(H,30,36)/t28-/m0/s1. The summed E-state index contributed by atoms with van der Waals surface area (Å²) in [5.74, 6) is -0.870. The predicted molar refractivity (Wildman–Crippen MR) is 141 cm³/mol. The lowest BCUT2D eigenvalue weighted by Crippen LogP contribution is -2.46. The van der Waals surface area contributed by atoms with Gasteiger partial charge in [0.15, 0.2) is 0 Å². The van der Waals surface area contributed by atoms with E-state index in [1.807, 2.05) is 66.7 Å². The smallest absolute Gasteiger partial charge is 0.325 e. The molecule has 0 spiro atoms. The van der Waals surface area contributed by atoms with Gasteiger partial charge in [-0.25, -0.2) is 4.79 Å². The number of piperazine rings is 1. The molecular weight excluding hydrogens is 454 g/mol. The summed E-state index contributed by atoms with van der Waals surface area (Å²) < 4.78 is 0. The molecule has 0 aromatic heterocycles. The van der Waals surface area contributed by atoms with E-state index in [1.54, 1.807) is 6.92 Å². The molecule has 0 bridgehead atoms. The molecule has 2 saturated heterocycles. The van der Waals surface area contributed by atoms with Crippen molar-refractivity contribution in [3.8, 4) is 0 Å². The average Bonchev–Trinajstić information content (AvgIpc) is 3.12. The molecule has 0 saturated carbocycles. The van der Waals surface area contributed by atoms with Crippen LogP contribution in [0.3, 0.4) is 0 Å². The summed E-state index contributed by atoms with van der Waals surface area (Å²) in [5.41, 5.74) is 1.19. The highest BCUT2D eigenvalue weighted by molar-refractivity contribution is 6.10. The molecule has 36 heavy (non-hydrogen) atoms. The van der Waals surface area contributed by atoms with Crippen LogP contribution in [-0.2, 0) is 15.1 Å². The molecule has 3 aromatic rings. The van der Waals surface area contributed by atoms with Crippen LogP contribution in [-0.4, -0.2) is 66.9 Å². The highest BCUT2D eigenvalue weighted by Crippen LogP contribution is 2.31. The van der Waals surface area contributed by atoms with Crippen molar-refractivity contribution in [3.05, 3.63) is 72.3 Å². The molecule has 2 fully saturated rings. The van der Waals surface area contributed by atoms with Crippen molar-refractivity contribution in [2.24, 2.45) is 0 Å². The maximum absolute atomic E-state index is 13.3. The third-order valence-electron chi connectivity index (χ3n) is 7.24. The van der Waals surface area contributed by atoms with E-state index in [1.165, 1.54) is 0 Å². The lowest BCUT2D eigenvalue weighted by atomic mass is 9.90. The first-order valence-electron chi connectivity index (χ1n) is 12.4. The van der Waals surface area contributed by atoms with Gasteiger partial charge in [0.05, 0.1) is 0 Å². The SMILES string of the molecule is CCN1CCN(c2ccc(NC(=O)CN3C(=O)N[C@@](C)(c4ccc5ccccc5c4)C3=O)cc2)CC1. The summed E-state index contributed by atoms with van der Waals surface area (Å²) >= 11 is 0. The molecular formula is C28H31N5O3. The Morgan fingerprint density at radius 3 is 2.33 bits per heavy atom. The Morgan fingerprint density at radius 2 is 1.64 bits per heavy atom. The largest absolute Gasteiger partial charge is 0.369 e. The van der Waals surface area contributed by atoms with Crippen molar-refractivity contribution in [1.82, 2.24) is 15.1 Å². The number of carbonyl (C=O) groups is 3. The summed E-state index contributed by atoms with van der Waals surface area (Å²) in [5, 5.41) is 7.61. The molecule has 3 aromatic carbocycles.